The van der Waals surface area contributed by atoms with E-state index in [0.29, 0.717) is 0 Å². The van der Waals surface area contributed by atoms with Gasteiger partial charge in [0.25, 0.3) is 0 Å². The van der Waals surface area contributed by atoms with Crippen LogP contribution in [0.5, 0.6) is 0 Å². The van der Waals surface area contributed by atoms with Crippen LogP contribution in [0.15, 0.2) is 0 Å². The van der Waals surface area contributed by atoms with Crippen LogP contribution >= 0.6 is 0 Å². The topological polar surface area (TPSA) is 53.6 Å². The zero-order chi connectivity index (χ0) is 9.80. The van der Waals surface area contributed by atoms with Crippen molar-refractivity contribution >= 4 is 0 Å². The van der Waals surface area contributed by atoms with Gasteiger partial charge in [-0.05, 0) is 31.8 Å². The molecule has 1 aromatic heterocycles. The van der Waals surface area contributed by atoms with Crippen molar-refractivity contribution in [2.45, 2.75) is 32.6 Å². The van der Waals surface area contributed by atoms with Gasteiger partial charge in [0.15, 0.2) is 0 Å². The number of H-pyrrole nitrogens is 1. The number of aromatic amines is 1. The third-order valence-electron chi connectivity index (χ3n) is 2.85. The molecule has 0 saturated carbocycles. The van der Waals surface area contributed by atoms with Crippen molar-refractivity contribution in [2.24, 2.45) is 5.92 Å². The quantitative estimate of drug-likeness (QED) is 0.749. The molecule has 2 N–H and O–H groups in total. The Labute approximate surface area is 84.5 Å². The fourth-order valence-electron chi connectivity index (χ4n) is 1.91. The maximum atomic E-state index is 4.40. The molecule has 0 bridgehead atoms. The molecule has 1 aromatic rings. The van der Waals surface area contributed by atoms with Gasteiger partial charge in [0.2, 0.25) is 0 Å². The lowest BCUT2D eigenvalue weighted by molar-refractivity contribution is 0.525. The summed E-state index contributed by atoms with van der Waals surface area (Å²) in [6.45, 7) is 4.43. The largest absolute Gasteiger partial charge is 0.316 e. The minimum absolute atomic E-state index is 0.838. The van der Waals surface area contributed by atoms with Crippen LogP contribution in [0.3, 0.4) is 0 Å². The predicted octanol–water partition coefficient (Wildman–Crippen LogP) is 0.909. The van der Waals surface area contributed by atoms with Crippen LogP contribution in [0, 0.1) is 5.92 Å². The molecule has 0 amide bonds. The van der Waals surface area contributed by atoms with Crippen molar-refractivity contribution in [1.82, 2.24) is 20.5 Å². The lowest BCUT2D eigenvalue weighted by Crippen LogP contribution is -2.09. The van der Waals surface area contributed by atoms with E-state index < -0.39 is 0 Å². The van der Waals surface area contributed by atoms with Crippen LogP contribution in [0.1, 0.15) is 31.4 Å². The smallest absolute Gasteiger partial charge is 0.150 e. The van der Waals surface area contributed by atoms with Crippen molar-refractivity contribution in [3.05, 3.63) is 11.6 Å². The summed E-state index contributed by atoms with van der Waals surface area (Å²) in [6.07, 6.45) is 4.50. The molecule has 1 atom stereocenters. The molecule has 0 aromatic carbocycles. The van der Waals surface area contributed by atoms with Crippen molar-refractivity contribution in [3.8, 4) is 0 Å². The lowest BCUT2D eigenvalue weighted by Gasteiger charge is -2.04. The van der Waals surface area contributed by atoms with Crippen LogP contribution in [0.4, 0.5) is 0 Å². The average Bonchev–Trinajstić information content (AvgIpc) is 2.86. The fraction of sp³-hybridized carbons (Fsp3) is 0.800. The molecule has 1 saturated heterocycles. The van der Waals surface area contributed by atoms with E-state index in [2.05, 4.69) is 27.4 Å². The van der Waals surface area contributed by atoms with Gasteiger partial charge in [-0.2, -0.15) is 5.10 Å². The highest BCUT2D eigenvalue weighted by atomic mass is 15.2. The van der Waals surface area contributed by atoms with E-state index in [1.54, 1.807) is 0 Å². The number of aryl methyl sites for hydroxylation is 2. The van der Waals surface area contributed by atoms with Gasteiger partial charge in [0.1, 0.15) is 11.6 Å². The summed E-state index contributed by atoms with van der Waals surface area (Å²) in [5, 5.41) is 10.5. The van der Waals surface area contributed by atoms with E-state index >= 15 is 0 Å². The Bertz CT molecular complexity index is 275. The maximum Gasteiger partial charge on any atom is 0.150 e. The van der Waals surface area contributed by atoms with E-state index in [1.165, 1.54) is 25.9 Å². The molecular weight excluding hydrogens is 176 g/mol. The summed E-state index contributed by atoms with van der Waals surface area (Å²) in [5.74, 6) is 2.82. The predicted molar refractivity (Wildman–Crippen MR) is 55.1 cm³/mol. The summed E-state index contributed by atoms with van der Waals surface area (Å²) in [7, 11) is 0. The van der Waals surface area contributed by atoms with Gasteiger partial charge in [0.05, 0.1) is 0 Å². The fourth-order valence-corrected chi connectivity index (χ4v) is 1.91. The third kappa shape index (κ3) is 2.32. The molecule has 1 aliphatic rings. The molecule has 0 spiro atoms. The second-order valence-corrected chi connectivity index (χ2v) is 3.95. The highest BCUT2D eigenvalue weighted by Crippen LogP contribution is 2.14. The van der Waals surface area contributed by atoms with Crippen LogP contribution in [-0.4, -0.2) is 28.3 Å². The van der Waals surface area contributed by atoms with Crippen molar-refractivity contribution in [1.29, 1.82) is 0 Å². The molecule has 2 rings (SSSR count). The molecule has 4 heteroatoms. The second-order valence-electron chi connectivity index (χ2n) is 3.95. The second kappa shape index (κ2) is 4.55. The minimum Gasteiger partial charge on any atom is -0.316 e. The Kier molecular flexibility index (Phi) is 3.14. The van der Waals surface area contributed by atoms with E-state index in [9.17, 15) is 0 Å². The van der Waals surface area contributed by atoms with Crippen LogP contribution in [0.2, 0.25) is 0 Å². The van der Waals surface area contributed by atoms with E-state index in [0.717, 1.165) is 30.4 Å². The zero-order valence-electron chi connectivity index (χ0n) is 8.71. The molecule has 2 heterocycles. The Morgan fingerprint density at radius 1 is 1.50 bits per heavy atom. The Morgan fingerprint density at radius 3 is 3.07 bits per heavy atom. The molecule has 78 valence electrons. The number of nitrogens with one attached hydrogen (secondary N) is 2. The minimum atomic E-state index is 0.838. The molecule has 14 heavy (non-hydrogen) atoms. The van der Waals surface area contributed by atoms with Gasteiger partial charge >= 0.3 is 0 Å². The summed E-state index contributed by atoms with van der Waals surface area (Å²) >= 11 is 0. The summed E-state index contributed by atoms with van der Waals surface area (Å²) < 4.78 is 0. The number of rotatable bonds is 4. The monoisotopic (exact) mass is 194 g/mol. The maximum absolute atomic E-state index is 4.40. The first-order valence-corrected chi connectivity index (χ1v) is 5.49. The first-order valence-electron chi connectivity index (χ1n) is 5.49. The van der Waals surface area contributed by atoms with Gasteiger partial charge in [-0.3, -0.25) is 5.10 Å². The van der Waals surface area contributed by atoms with E-state index in [4.69, 9.17) is 0 Å². The van der Waals surface area contributed by atoms with Crippen LogP contribution < -0.4 is 5.32 Å². The number of aromatic nitrogens is 3. The Balaban J connectivity index is 1.79. The highest BCUT2D eigenvalue weighted by molar-refractivity contribution is 4.90. The SMILES string of the molecule is CCc1n[nH]c(CCC2CCNC2)n1. The molecule has 0 aliphatic carbocycles. The molecular formula is C10H18N4. The molecule has 0 radical (unpaired) electrons. The molecule has 4 nitrogen and oxygen atoms in total. The van der Waals surface area contributed by atoms with Crippen LogP contribution in [-0.2, 0) is 12.8 Å². The average molecular weight is 194 g/mol. The van der Waals surface area contributed by atoms with Gasteiger partial charge in [-0.25, -0.2) is 4.98 Å². The summed E-state index contributed by atoms with van der Waals surface area (Å²) in [5.41, 5.74) is 0. The molecule has 1 aliphatic heterocycles. The van der Waals surface area contributed by atoms with E-state index in [-0.39, 0.29) is 0 Å². The normalized spacial score (nSPS) is 21.6. The summed E-state index contributed by atoms with van der Waals surface area (Å²) in [4.78, 5) is 4.40. The molecule has 1 unspecified atom stereocenters. The van der Waals surface area contributed by atoms with Crippen molar-refractivity contribution in [2.75, 3.05) is 13.1 Å². The number of hydrogen-bond acceptors (Lipinski definition) is 3. The lowest BCUT2D eigenvalue weighted by atomic mass is 10.0. The molecule has 1 fully saturated rings. The number of nitrogens with zero attached hydrogens (tertiary/aromatic N) is 2. The highest BCUT2D eigenvalue weighted by Gasteiger charge is 2.14. The van der Waals surface area contributed by atoms with Gasteiger partial charge in [-0.15, -0.1) is 0 Å². The van der Waals surface area contributed by atoms with Crippen molar-refractivity contribution < 1.29 is 0 Å². The van der Waals surface area contributed by atoms with Crippen LogP contribution in [0.25, 0.3) is 0 Å². The Morgan fingerprint density at radius 2 is 2.43 bits per heavy atom. The van der Waals surface area contributed by atoms with Gasteiger partial charge in [-0.1, -0.05) is 6.92 Å². The number of hydrogen-bond donors (Lipinski definition) is 2. The van der Waals surface area contributed by atoms with Crippen molar-refractivity contribution in [3.63, 3.8) is 0 Å². The first-order chi connectivity index (χ1) is 6.88. The first kappa shape index (κ1) is 9.65. The van der Waals surface area contributed by atoms with Gasteiger partial charge in [0, 0.05) is 12.8 Å². The van der Waals surface area contributed by atoms with Gasteiger partial charge < -0.3 is 5.32 Å². The zero-order valence-corrected chi connectivity index (χ0v) is 8.71. The van der Waals surface area contributed by atoms with E-state index in [1.807, 2.05) is 0 Å². The Hall–Kier alpha value is -0.900. The third-order valence-corrected chi connectivity index (χ3v) is 2.85. The summed E-state index contributed by atoms with van der Waals surface area (Å²) in [6, 6.07) is 0. The standard InChI is InChI=1S/C10H18N4/c1-2-9-12-10(14-13-9)4-3-8-5-6-11-7-8/h8,11H,2-7H2,1H3,(H,12,13,14).